The molecule has 0 bridgehead atoms. The molecular formula is C13H18N2O3. The minimum absolute atomic E-state index is 0.0147. The molecule has 2 unspecified atom stereocenters. The molecule has 0 saturated carbocycles. The van der Waals surface area contributed by atoms with Crippen molar-refractivity contribution in [2.45, 2.75) is 12.8 Å². The van der Waals surface area contributed by atoms with Crippen molar-refractivity contribution >= 4 is 11.8 Å². The highest BCUT2D eigenvalue weighted by atomic mass is 16.5. The van der Waals surface area contributed by atoms with E-state index in [1.807, 2.05) is 12.2 Å². The maximum Gasteiger partial charge on any atom is 0.234 e. The van der Waals surface area contributed by atoms with E-state index in [1.165, 1.54) is 4.90 Å². The minimum Gasteiger partial charge on any atom is -0.379 e. The van der Waals surface area contributed by atoms with Gasteiger partial charge in [0.15, 0.2) is 0 Å². The second kappa shape index (κ2) is 4.82. The molecule has 3 rings (SSSR count). The van der Waals surface area contributed by atoms with Gasteiger partial charge in [-0.25, -0.2) is 0 Å². The predicted octanol–water partition coefficient (Wildman–Crippen LogP) is 0.227. The van der Waals surface area contributed by atoms with E-state index in [2.05, 4.69) is 4.90 Å². The first-order valence-corrected chi connectivity index (χ1v) is 6.57. The summed E-state index contributed by atoms with van der Waals surface area (Å²) >= 11 is 0. The van der Waals surface area contributed by atoms with Gasteiger partial charge in [0.05, 0.1) is 31.7 Å². The molecule has 0 aromatic carbocycles. The summed E-state index contributed by atoms with van der Waals surface area (Å²) in [7, 11) is 0. The lowest BCUT2D eigenvalue weighted by molar-refractivity contribution is -0.143. The molecule has 5 heteroatoms. The van der Waals surface area contributed by atoms with Gasteiger partial charge in [-0.1, -0.05) is 12.2 Å². The first-order chi connectivity index (χ1) is 8.77. The highest BCUT2D eigenvalue weighted by Gasteiger charge is 2.47. The quantitative estimate of drug-likeness (QED) is 0.520. The molecule has 2 aliphatic heterocycles. The molecule has 3 aliphatic rings. The van der Waals surface area contributed by atoms with Crippen molar-refractivity contribution in [1.82, 2.24) is 9.80 Å². The second-order valence-corrected chi connectivity index (χ2v) is 5.13. The molecule has 5 nitrogen and oxygen atoms in total. The Kier molecular flexibility index (Phi) is 3.18. The summed E-state index contributed by atoms with van der Waals surface area (Å²) in [6.07, 6.45) is 5.47. The van der Waals surface area contributed by atoms with Gasteiger partial charge in [0.1, 0.15) is 0 Å². The van der Waals surface area contributed by atoms with Crippen molar-refractivity contribution in [2.75, 3.05) is 33.0 Å². The van der Waals surface area contributed by atoms with Crippen LogP contribution in [0, 0.1) is 11.8 Å². The van der Waals surface area contributed by atoms with Gasteiger partial charge in [-0.2, -0.15) is 0 Å². The molecule has 0 spiro atoms. The number of hydrogen-bond donors (Lipinski definition) is 0. The largest absolute Gasteiger partial charge is 0.379 e. The number of ether oxygens (including phenoxy) is 1. The number of allylic oxidation sites excluding steroid dienone is 2. The van der Waals surface area contributed by atoms with Gasteiger partial charge in [-0.15, -0.1) is 0 Å². The summed E-state index contributed by atoms with van der Waals surface area (Å²) in [5.41, 5.74) is 0. The van der Waals surface area contributed by atoms with Crippen molar-refractivity contribution in [3.05, 3.63) is 12.2 Å². The van der Waals surface area contributed by atoms with E-state index in [0.717, 1.165) is 25.9 Å². The van der Waals surface area contributed by atoms with E-state index in [4.69, 9.17) is 4.74 Å². The maximum absolute atomic E-state index is 12.2. The Morgan fingerprint density at radius 1 is 1.06 bits per heavy atom. The SMILES string of the molecule is O=C1C2CC=CCC2C(=O)N1CN1CCOCC1. The lowest BCUT2D eigenvalue weighted by Crippen LogP contribution is -2.46. The number of likely N-dealkylation sites (tertiary alicyclic amines) is 1. The molecule has 98 valence electrons. The Morgan fingerprint density at radius 3 is 2.17 bits per heavy atom. The third kappa shape index (κ3) is 1.97. The summed E-state index contributed by atoms with van der Waals surface area (Å²) in [6, 6.07) is 0. The monoisotopic (exact) mass is 250 g/mol. The molecule has 18 heavy (non-hydrogen) atoms. The standard InChI is InChI=1S/C13H18N2O3/c16-12-10-3-1-2-4-11(10)13(17)15(12)9-14-5-7-18-8-6-14/h1-2,10-11H,3-9H2. The van der Waals surface area contributed by atoms with Crippen LogP contribution in [-0.2, 0) is 14.3 Å². The molecule has 0 radical (unpaired) electrons. The zero-order valence-electron chi connectivity index (χ0n) is 10.4. The molecule has 2 heterocycles. The van der Waals surface area contributed by atoms with Crippen molar-refractivity contribution in [3.63, 3.8) is 0 Å². The van der Waals surface area contributed by atoms with Crippen LogP contribution in [-0.4, -0.2) is 54.6 Å². The Labute approximate surface area is 106 Å². The van der Waals surface area contributed by atoms with Crippen LogP contribution in [0.5, 0.6) is 0 Å². The van der Waals surface area contributed by atoms with Crippen LogP contribution in [0.3, 0.4) is 0 Å². The van der Waals surface area contributed by atoms with Gasteiger partial charge >= 0.3 is 0 Å². The van der Waals surface area contributed by atoms with Crippen LogP contribution in [0.1, 0.15) is 12.8 Å². The van der Waals surface area contributed by atoms with Crippen LogP contribution >= 0.6 is 0 Å². The molecule has 2 saturated heterocycles. The zero-order valence-corrected chi connectivity index (χ0v) is 10.4. The van der Waals surface area contributed by atoms with Gasteiger partial charge in [-0.3, -0.25) is 19.4 Å². The number of fused-ring (bicyclic) bond motifs is 1. The molecule has 0 aromatic heterocycles. The fourth-order valence-corrected chi connectivity index (χ4v) is 2.95. The van der Waals surface area contributed by atoms with Crippen molar-refractivity contribution < 1.29 is 14.3 Å². The molecule has 2 fully saturated rings. The van der Waals surface area contributed by atoms with E-state index in [-0.39, 0.29) is 23.7 Å². The summed E-state index contributed by atoms with van der Waals surface area (Å²) in [5, 5.41) is 0. The Morgan fingerprint density at radius 2 is 1.61 bits per heavy atom. The Bertz CT molecular complexity index is 362. The highest BCUT2D eigenvalue weighted by Crippen LogP contribution is 2.35. The third-order valence-electron chi connectivity index (χ3n) is 4.04. The summed E-state index contributed by atoms with van der Waals surface area (Å²) in [6.45, 7) is 3.40. The number of carbonyl (C=O) groups excluding carboxylic acids is 2. The van der Waals surface area contributed by atoms with Gasteiger partial charge in [0.2, 0.25) is 11.8 Å². The number of amides is 2. The lowest BCUT2D eigenvalue weighted by Gasteiger charge is -2.29. The van der Waals surface area contributed by atoms with Crippen LogP contribution in [0.15, 0.2) is 12.2 Å². The minimum atomic E-state index is -0.108. The van der Waals surface area contributed by atoms with E-state index >= 15 is 0 Å². The molecule has 2 atom stereocenters. The average molecular weight is 250 g/mol. The van der Waals surface area contributed by atoms with Crippen LogP contribution in [0.2, 0.25) is 0 Å². The molecule has 2 amide bonds. The first-order valence-electron chi connectivity index (χ1n) is 6.57. The van der Waals surface area contributed by atoms with Gasteiger partial charge in [-0.05, 0) is 12.8 Å². The van der Waals surface area contributed by atoms with Crippen LogP contribution < -0.4 is 0 Å². The number of rotatable bonds is 2. The van der Waals surface area contributed by atoms with Gasteiger partial charge in [0, 0.05) is 13.1 Å². The van der Waals surface area contributed by atoms with E-state index in [1.54, 1.807) is 0 Å². The van der Waals surface area contributed by atoms with Crippen molar-refractivity contribution in [1.29, 1.82) is 0 Å². The lowest BCUT2D eigenvalue weighted by atomic mass is 9.85. The number of imide groups is 1. The maximum atomic E-state index is 12.2. The number of carbonyl (C=O) groups is 2. The highest BCUT2D eigenvalue weighted by molar-refractivity contribution is 6.05. The predicted molar refractivity (Wildman–Crippen MR) is 64.5 cm³/mol. The van der Waals surface area contributed by atoms with Crippen molar-refractivity contribution in [2.24, 2.45) is 11.8 Å². The van der Waals surface area contributed by atoms with E-state index in [0.29, 0.717) is 19.9 Å². The molecule has 0 N–H and O–H groups in total. The second-order valence-electron chi connectivity index (χ2n) is 5.13. The molecule has 0 aromatic rings. The third-order valence-corrected chi connectivity index (χ3v) is 4.04. The fraction of sp³-hybridized carbons (Fsp3) is 0.692. The summed E-state index contributed by atoms with van der Waals surface area (Å²) < 4.78 is 5.27. The number of morpholine rings is 1. The van der Waals surface area contributed by atoms with Crippen LogP contribution in [0.25, 0.3) is 0 Å². The fourth-order valence-electron chi connectivity index (χ4n) is 2.95. The zero-order chi connectivity index (χ0) is 12.5. The smallest absolute Gasteiger partial charge is 0.234 e. The summed E-state index contributed by atoms with van der Waals surface area (Å²) in [5.74, 6) is -0.186. The molecular weight excluding hydrogens is 232 g/mol. The Hall–Kier alpha value is -1.20. The topological polar surface area (TPSA) is 49.9 Å². The first kappa shape index (κ1) is 11.9. The normalized spacial score (nSPS) is 33.0. The average Bonchev–Trinajstić information content (AvgIpc) is 2.66. The summed E-state index contributed by atoms with van der Waals surface area (Å²) in [4.78, 5) is 28.0. The Balaban J connectivity index is 1.69. The van der Waals surface area contributed by atoms with E-state index < -0.39 is 0 Å². The van der Waals surface area contributed by atoms with Crippen molar-refractivity contribution in [3.8, 4) is 0 Å². The van der Waals surface area contributed by atoms with E-state index in [9.17, 15) is 9.59 Å². The number of hydrogen-bond acceptors (Lipinski definition) is 4. The number of nitrogens with zero attached hydrogens (tertiary/aromatic N) is 2. The molecule has 1 aliphatic carbocycles. The van der Waals surface area contributed by atoms with Gasteiger partial charge < -0.3 is 4.74 Å². The van der Waals surface area contributed by atoms with Crippen LogP contribution in [0.4, 0.5) is 0 Å². The van der Waals surface area contributed by atoms with Gasteiger partial charge in [0.25, 0.3) is 0 Å².